The highest BCUT2D eigenvalue weighted by atomic mass is 16.2. The molecule has 1 unspecified atom stereocenters. The molecule has 0 aromatic heterocycles. The maximum Gasteiger partial charge on any atom is 0.236 e. The summed E-state index contributed by atoms with van der Waals surface area (Å²) >= 11 is 0. The summed E-state index contributed by atoms with van der Waals surface area (Å²) < 4.78 is 0. The molecule has 1 amide bonds. The number of hydrogen-bond donors (Lipinski definition) is 3. The molecule has 13 heavy (non-hydrogen) atoms. The first-order valence-corrected chi connectivity index (χ1v) is 4.94. The zero-order chi connectivity index (χ0) is 9.68. The Balaban J connectivity index is 2.13. The minimum Gasteiger partial charge on any atom is -0.354 e. The van der Waals surface area contributed by atoms with Crippen LogP contribution in [0.1, 0.15) is 19.8 Å². The number of carbonyl (C=O) groups excluding carboxylic acids is 1. The summed E-state index contributed by atoms with van der Waals surface area (Å²) in [6.07, 6.45) is 2.30. The third-order valence-electron chi connectivity index (χ3n) is 2.44. The van der Waals surface area contributed by atoms with E-state index in [9.17, 15) is 4.79 Å². The lowest BCUT2D eigenvalue weighted by atomic mass is 9.98. The Labute approximate surface area is 79.3 Å². The number of nitrogens with two attached hydrogens (primary N) is 1. The first-order chi connectivity index (χ1) is 6.20. The van der Waals surface area contributed by atoms with Crippen molar-refractivity contribution in [2.75, 3.05) is 19.6 Å². The van der Waals surface area contributed by atoms with E-state index in [1.807, 2.05) is 0 Å². The molecule has 1 rings (SSSR count). The fourth-order valence-corrected chi connectivity index (χ4v) is 1.49. The quantitative estimate of drug-likeness (QED) is 0.552. The van der Waals surface area contributed by atoms with Crippen LogP contribution in [-0.2, 0) is 4.79 Å². The van der Waals surface area contributed by atoms with E-state index in [1.54, 1.807) is 6.92 Å². The second-order valence-corrected chi connectivity index (χ2v) is 3.73. The van der Waals surface area contributed by atoms with E-state index in [1.165, 1.54) is 0 Å². The van der Waals surface area contributed by atoms with Gasteiger partial charge in [0.1, 0.15) is 0 Å². The molecule has 0 spiro atoms. The Kier molecular flexibility index (Phi) is 4.18. The van der Waals surface area contributed by atoms with Crippen molar-refractivity contribution in [2.45, 2.75) is 25.8 Å². The smallest absolute Gasteiger partial charge is 0.236 e. The van der Waals surface area contributed by atoms with Gasteiger partial charge in [0.05, 0.1) is 6.04 Å². The first-order valence-electron chi connectivity index (χ1n) is 4.94. The minimum atomic E-state index is -0.387. The summed E-state index contributed by atoms with van der Waals surface area (Å²) in [6, 6.07) is -0.387. The highest BCUT2D eigenvalue weighted by molar-refractivity contribution is 5.80. The lowest BCUT2D eigenvalue weighted by Crippen LogP contribution is -2.42. The lowest BCUT2D eigenvalue weighted by molar-refractivity contribution is -0.122. The maximum absolute atomic E-state index is 11.1. The van der Waals surface area contributed by atoms with E-state index in [0.29, 0.717) is 5.92 Å². The van der Waals surface area contributed by atoms with Gasteiger partial charge in [-0.05, 0) is 38.8 Å². The molecule has 4 nitrogen and oxygen atoms in total. The molecule has 1 aliphatic heterocycles. The lowest BCUT2D eigenvalue weighted by Gasteiger charge is -2.23. The van der Waals surface area contributed by atoms with Gasteiger partial charge in [0.25, 0.3) is 0 Å². The van der Waals surface area contributed by atoms with Crippen molar-refractivity contribution < 1.29 is 4.79 Å². The molecule has 0 radical (unpaired) electrons. The number of nitrogens with one attached hydrogen (secondary N) is 2. The van der Waals surface area contributed by atoms with Crippen molar-refractivity contribution in [3.05, 3.63) is 0 Å². The monoisotopic (exact) mass is 185 g/mol. The molecule has 4 heteroatoms. The van der Waals surface area contributed by atoms with Gasteiger partial charge in [0.2, 0.25) is 5.91 Å². The Morgan fingerprint density at radius 3 is 2.77 bits per heavy atom. The number of hydrogen-bond acceptors (Lipinski definition) is 3. The second kappa shape index (κ2) is 5.19. The van der Waals surface area contributed by atoms with Gasteiger partial charge in [0, 0.05) is 6.54 Å². The van der Waals surface area contributed by atoms with Gasteiger partial charge in [-0.2, -0.15) is 0 Å². The van der Waals surface area contributed by atoms with Crippen molar-refractivity contribution in [3.8, 4) is 0 Å². The average Bonchev–Trinajstić information content (AvgIpc) is 2.15. The van der Waals surface area contributed by atoms with Gasteiger partial charge in [-0.25, -0.2) is 0 Å². The van der Waals surface area contributed by atoms with Crippen LogP contribution in [0, 0.1) is 5.92 Å². The van der Waals surface area contributed by atoms with Crippen LogP contribution in [0.2, 0.25) is 0 Å². The van der Waals surface area contributed by atoms with Gasteiger partial charge in [0.15, 0.2) is 0 Å². The van der Waals surface area contributed by atoms with Gasteiger partial charge in [-0.1, -0.05) is 0 Å². The molecular weight excluding hydrogens is 166 g/mol. The Morgan fingerprint density at radius 2 is 2.23 bits per heavy atom. The standard InChI is InChI=1S/C9H19N3O/c1-7(10)9(13)12-6-8-2-4-11-5-3-8/h7-8,11H,2-6,10H2,1H3,(H,12,13). The van der Waals surface area contributed by atoms with Crippen LogP contribution in [0.5, 0.6) is 0 Å². The van der Waals surface area contributed by atoms with Gasteiger partial charge < -0.3 is 16.4 Å². The van der Waals surface area contributed by atoms with Crippen LogP contribution >= 0.6 is 0 Å². The van der Waals surface area contributed by atoms with Crippen LogP contribution in [0.4, 0.5) is 0 Å². The summed E-state index contributed by atoms with van der Waals surface area (Å²) in [5.74, 6) is 0.586. The van der Waals surface area contributed by atoms with Crippen LogP contribution in [0.25, 0.3) is 0 Å². The second-order valence-electron chi connectivity index (χ2n) is 3.73. The van der Waals surface area contributed by atoms with Crippen LogP contribution in [-0.4, -0.2) is 31.6 Å². The van der Waals surface area contributed by atoms with E-state index < -0.39 is 0 Å². The number of carbonyl (C=O) groups is 1. The summed E-state index contributed by atoms with van der Waals surface area (Å²) in [4.78, 5) is 11.1. The van der Waals surface area contributed by atoms with E-state index in [4.69, 9.17) is 5.73 Å². The molecular formula is C9H19N3O. The van der Waals surface area contributed by atoms with Crippen molar-refractivity contribution in [1.82, 2.24) is 10.6 Å². The molecule has 1 heterocycles. The first kappa shape index (κ1) is 10.5. The average molecular weight is 185 g/mol. The molecule has 1 aliphatic rings. The van der Waals surface area contributed by atoms with Crippen molar-refractivity contribution in [3.63, 3.8) is 0 Å². The molecule has 0 saturated carbocycles. The summed E-state index contributed by atoms with van der Waals surface area (Å²) in [5, 5.41) is 6.15. The highest BCUT2D eigenvalue weighted by Crippen LogP contribution is 2.09. The third-order valence-corrected chi connectivity index (χ3v) is 2.44. The highest BCUT2D eigenvalue weighted by Gasteiger charge is 2.14. The van der Waals surface area contributed by atoms with Gasteiger partial charge in [-0.3, -0.25) is 4.79 Å². The fraction of sp³-hybridized carbons (Fsp3) is 0.889. The number of piperidine rings is 1. The fourth-order valence-electron chi connectivity index (χ4n) is 1.49. The summed E-state index contributed by atoms with van der Waals surface area (Å²) in [7, 11) is 0. The molecule has 0 bridgehead atoms. The molecule has 4 N–H and O–H groups in total. The van der Waals surface area contributed by atoms with Crippen molar-refractivity contribution in [2.24, 2.45) is 11.7 Å². The topological polar surface area (TPSA) is 67.2 Å². The van der Waals surface area contributed by atoms with E-state index in [-0.39, 0.29) is 11.9 Å². The maximum atomic E-state index is 11.1. The number of amides is 1. The van der Waals surface area contributed by atoms with Gasteiger partial charge >= 0.3 is 0 Å². The zero-order valence-corrected chi connectivity index (χ0v) is 8.18. The SMILES string of the molecule is CC(N)C(=O)NCC1CCNCC1. The Morgan fingerprint density at radius 1 is 1.62 bits per heavy atom. The molecule has 0 aliphatic carbocycles. The number of rotatable bonds is 3. The van der Waals surface area contributed by atoms with Crippen LogP contribution < -0.4 is 16.4 Å². The summed E-state index contributed by atoms with van der Waals surface area (Å²) in [5.41, 5.74) is 5.43. The van der Waals surface area contributed by atoms with Crippen molar-refractivity contribution >= 4 is 5.91 Å². The molecule has 0 aromatic carbocycles. The van der Waals surface area contributed by atoms with Crippen molar-refractivity contribution in [1.29, 1.82) is 0 Å². The predicted molar refractivity (Wildman–Crippen MR) is 52.3 cm³/mol. The Hall–Kier alpha value is -0.610. The van der Waals surface area contributed by atoms with E-state index in [0.717, 1.165) is 32.5 Å². The van der Waals surface area contributed by atoms with Crippen LogP contribution in [0.3, 0.4) is 0 Å². The van der Waals surface area contributed by atoms with E-state index in [2.05, 4.69) is 10.6 Å². The Bertz CT molecular complexity index is 164. The molecule has 1 atom stereocenters. The largest absolute Gasteiger partial charge is 0.354 e. The normalized spacial score (nSPS) is 21.1. The van der Waals surface area contributed by atoms with Crippen LogP contribution in [0.15, 0.2) is 0 Å². The molecule has 1 fully saturated rings. The summed E-state index contributed by atoms with van der Waals surface area (Å²) in [6.45, 7) is 4.62. The zero-order valence-electron chi connectivity index (χ0n) is 8.18. The van der Waals surface area contributed by atoms with Gasteiger partial charge in [-0.15, -0.1) is 0 Å². The predicted octanol–water partition coefficient (Wildman–Crippen LogP) is -0.551. The van der Waals surface area contributed by atoms with E-state index >= 15 is 0 Å². The molecule has 1 saturated heterocycles. The minimum absolute atomic E-state index is 0.0430. The third kappa shape index (κ3) is 3.74. The molecule has 0 aromatic rings. The molecule has 76 valence electrons.